The number of rotatable bonds is 6. The SMILES string of the molecule is C=C/C=C(\C=C\SC1N=C(N2CCN(C)CC2)N=CN1)NC(=O)C1CC1. The summed E-state index contributed by atoms with van der Waals surface area (Å²) in [5.41, 5.74) is 0.625. The molecule has 3 aliphatic rings. The molecule has 1 saturated carbocycles. The molecule has 0 aromatic rings. The van der Waals surface area contributed by atoms with E-state index >= 15 is 0 Å². The van der Waals surface area contributed by atoms with Crippen molar-refractivity contribution in [3.63, 3.8) is 0 Å². The molecule has 1 atom stereocenters. The molecule has 3 rings (SSSR count). The summed E-state index contributed by atoms with van der Waals surface area (Å²) in [6.07, 6.45) is 9.03. The number of hydrogen-bond acceptors (Lipinski definition) is 7. The molecular weight excluding hydrogens is 348 g/mol. The van der Waals surface area contributed by atoms with Gasteiger partial charge in [0.2, 0.25) is 11.9 Å². The summed E-state index contributed by atoms with van der Waals surface area (Å²) in [7, 11) is 2.13. The van der Waals surface area contributed by atoms with Gasteiger partial charge in [0.1, 0.15) is 0 Å². The van der Waals surface area contributed by atoms with Gasteiger partial charge < -0.3 is 20.4 Å². The molecule has 8 heteroatoms. The van der Waals surface area contributed by atoms with E-state index in [0.29, 0.717) is 0 Å². The average Bonchev–Trinajstić information content (AvgIpc) is 3.48. The average molecular weight is 375 g/mol. The summed E-state index contributed by atoms with van der Waals surface area (Å²) in [6, 6.07) is 0. The standard InChI is InChI=1S/C18H26N6OS/c1-3-4-15(21-16(25)14-5-6-14)7-12-26-18-20-13-19-17(22-18)24-10-8-23(2)9-11-24/h3-4,7,12-14,18H,1,5-6,8-11H2,2H3,(H,21,25)(H,19,20,22)/b12-7+,15-4+. The first-order valence-electron chi connectivity index (χ1n) is 8.91. The number of nitrogens with zero attached hydrogens (tertiary/aromatic N) is 4. The van der Waals surface area contributed by atoms with Gasteiger partial charge in [-0.25, -0.2) is 9.98 Å². The highest BCUT2D eigenvalue weighted by molar-refractivity contribution is 8.02. The lowest BCUT2D eigenvalue weighted by Gasteiger charge is -2.34. The molecule has 0 radical (unpaired) electrons. The molecule has 7 nitrogen and oxygen atoms in total. The van der Waals surface area contributed by atoms with Crippen molar-refractivity contribution < 1.29 is 4.79 Å². The Morgan fingerprint density at radius 2 is 2.15 bits per heavy atom. The van der Waals surface area contributed by atoms with Crippen LogP contribution in [0.3, 0.4) is 0 Å². The van der Waals surface area contributed by atoms with Crippen LogP contribution in [0.1, 0.15) is 12.8 Å². The summed E-state index contributed by atoms with van der Waals surface area (Å²) in [5.74, 6) is 1.05. The Labute approximate surface area is 159 Å². The predicted octanol–water partition coefficient (Wildman–Crippen LogP) is 1.35. The van der Waals surface area contributed by atoms with Crippen molar-refractivity contribution in [3.05, 3.63) is 35.9 Å². The molecule has 26 heavy (non-hydrogen) atoms. The maximum absolute atomic E-state index is 11.9. The minimum absolute atomic E-state index is 0.0889. The lowest BCUT2D eigenvalue weighted by molar-refractivity contribution is -0.121. The van der Waals surface area contributed by atoms with Crippen LogP contribution < -0.4 is 10.6 Å². The number of carbonyl (C=O) groups is 1. The van der Waals surface area contributed by atoms with Crippen LogP contribution in [0.25, 0.3) is 0 Å². The smallest absolute Gasteiger partial charge is 0.227 e. The molecule has 1 aliphatic carbocycles. The molecule has 1 unspecified atom stereocenters. The number of nitrogens with one attached hydrogen (secondary N) is 2. The quantitative estimate of drug-likeness (QED) is 0.687. The van der Waals surface area contributed by atoms with Crippen LogP contribution in [0, 0.1) is 5.92 Å². The molecule has 2 N–H and O–H groups in total. The lowest BCUT2D eigenvalue weighted by atomic mass is 10.3. The Morgan fingerprint density at radius 1 is 1.38 bits per heavy atom. The van der Waals surface area contributed by atoms with Crippen LogP contribution in [-0.2, 0) is 4.79 Å². The van der Waals surface area contributed by atoms with E-state index in [1.807, 2.05) is 11.5 Å². The van der Waals surface area contributed by atoms with Crippen LogP contribution >= 0.6 is 11.8 Å². The Morgan fingerprint density at radius 3 is 2.85 bits per heavy atom. The zero-order valence-electron chi connectivity index (χ0n) is 15.1. The third-order valence-electron chi connectivity index (χ3n) is 4.38. The van der Waals surface area contributed by atoms with E-state index in [2.05, 4.69) is 44.0 Å². The fourth-order valence-corrected chi connectivity index (χ4v) is 3.28. The third-order valence-corrected chi connectivity index (χ3v) is 5.18. The zero-order chi connectivity index (χ0) is 18.4. The molecule has 2 fully saturated rings. The van der Waals surface area contributed by atoms with Gasteiger partial charge in [0, 0.05) is 37.8 Å². The van der Waals surface area contributed by atoms with Gasteiger partial charge in [0.25, 0.3) is 0 Å². The number of allylic oxidation sites excluding steroid dienone is 3. The second-order valence-corrected chi connectivity index (χ2v) is 7.55. The molecule has 2 heterocycles. The van der Waals surface area contributed by atoms with Crippen molar-refractivity contribution in [2.45, 2.75) is 18.3 Å². The van der Waals surface area contributed by atoms with Crippen LogP contribution in [0.2, 0.25) is 0 Å². The van der Waals surface area contributed by atoms with Gasteiger partial charge in [-0.15, -0.1) is 0 Å². The van der Waals surface area contributed by atoms with E-state index in [0.717, 1.165) is 50.7 Å². The number of piperazine rings is 1. The lowest BCUT2D eigenvalue weighted by Crippen LogP contribution is -2.48. The Kier molecular flexibility index (Phi) is 6.51. The van der Waals surface area contributed by atoms with Crippen molar-refractivity contribution in [1.29, 1.82) is 0 Å². The fraction of sp³-hybridized carbons (Fsp3) is 0.500. The highest BCUT2D eigenvalue weighted by Crippen LogP contribution is 2.29. The molecule has 1 amide bonds. The second kappa shape index (κ2) is 9.05. The number of aliphatic imine (C=N–C) groups is 2. The molecule has 0 spiro atoms. The van der Waals surface area contributed by atoms with Gasteiger partial charge in [-0.3, -0.25) is 4.79 Å². The van der Waals surface area contributed by atoms with Crippen molar-refractivity contribution in [2.24, 2.45) is 15.9 Å². The van der Waals surface area contributed by atoms with Crippen LogP contribution in [-0.4, -0.2) is 66.7 Å². The van der Waals surface area contributed by atoms with Crippen molar-refractivity contribution in [1.82, 2.24) is 20.4 Å². The number of amides is 1. The minimum Gasteiger partial charge on any atom is -0.346 e. The van der Waals surface area contributed by atoms with E-state index in [-0.39, 0.29) is 17.3 Å². The number of guanidine groups is 1. The topological polar surface area (TPSA) is 72.3 Å². The second-order valence-electron chi connectivity index (χ2n) is 6.56. The fourth-order valence-electron chi connectivity index (χ4n) is 2.62. The molecule has 2 aliphatic heterocycles. The van der Waals surface area contributed by atoms with Gasteiger partial charge in [-0.05, 0) is 37.4 Å². The highest BCUT2D eigenvalue weighted by Gasteiger charge is 2.29. The molecule has 140 valence electrons. The summed E-state index contributed by atoms with van der Waals surface area (Å²) >= 11 is 1.54. The first kappa shape index (κ1) is 18.7. The number of carbonyl (C=O) groups excluding carboxylic acids is 1. The summed E-state index contributed by atoms with van der Waals surface area (Å²) < 4.78 is 0. The van der Waals surface area contributed by atoms with Gasteiger partial charge in [-0.2, -0.15) is 0 Å². The third kappa shape index (κ3) is 5.47. The predicted molar refractivity (Wildman–Crippen MR) is 108 cm³/mol. The highest BCUT2D eigenvalue weighted by atomic mass is 32.2. The maximum atomic E-state index is 11.9. The molecule has 0 bridgehead atoms. The van der Waals surface area contributed by atoms with Gasteiger partial charge in [-0.1, -0.05) is 24.4 Å². The summed E-state index contributed by atoms with van der Waals surface area (Å²) in [4.78, 5) is 25.5. The van der Waals surface area contributed by atoms with E-state index in [1.54, 1.807) is 18.5 Å². The first-order valence-corrected chi connectivity index (χ1v) is 9.85. The largest absolute Gasteiger partial charge is 0.346 e. The molecular formula is C18H26N6OS. The van der Waals surface area contributed by atoms with Crippen LogP contribution in [0.4, 0.5) is 0 Å². The van der Waals surface area contributed by atoms with Crippen molar-refractivity contribution in [3.8, 4) is 0 Å². The summed E-state index contributed by atoms with van der Waals surface area (Å²) in [5, 5.41) is 8.01. The maximum Gasteiger partial charge on any atom is 0.227 e. The monoisotopic (exact) mass is 374 g/mol. The van der Waals surface area contributed by atoms with Gasteiger partial charge >= 0.3 is 0 Å². The molecule has 0 aromatic heterocycles. The first-order chi connectivity index (χ1) is 12.7. The summed E-state index contributed by atoms with van der Waals surface area (Å²) in [6.45, 7) is 7.64. The van der Waals surface area contributed by atoms with E-state index in [9.17, 15) is 4.79 Å². The van der Waals surface area contributed by atoms with Crippen LogP contribution in [0.15, 0.2) is 45.9 Å². The Hall–Kier alpha value is -2.06. The zero-order valence-corrected chi connectivity index (χ0v) is 15.9. The number of likely N-dealkylation sites (N-methyl/N-ethyl adjacent to an activating group) is 1. The number of thioether (sulfide) groups is 1. The van der Waals surface area contributed by atoms with Crippen molar-refractivity contribution in [2.75, 3.05) is 33.2 Å². The van der Waals surface area contributed by atoms with Gasteiger partial charge in [0.15, 0.2) is 5.50 Å². The van der Waals surface area contributed by atoms with Crippen LogP contribution in [0.5, 0.6) is 0 Å². The molecule has 0 aromatic carbocycles. The van der Waals surface area contributed by atoms with E-state index in [1.165, 1.54) is 11.8 Å². The van der Waals surface area contributed by atoms with E-state index < -0.39 is 0 Å². The Bertz CT molecular complexity index is 644. The normalized spacial score (nSPS) is 24.3. The van der Waals surface area contributed by atoms with Crippen molar-refractivity contribution >= 4 is 30.0 Å². The van der Waals surface area contributed by atoms with Gasteiger partial charge in [0.05, 0.1) is 6.34 Å². The van der Waals surface area contributed by atoms with E-state index in [4.69, 9.17) is 0 Å². The number of hydrogen-bond donors (Lipinski definition) is 2. The Balaban J connectivity index is 1.53. The molecule has 1 saturated heterocycles. The minimum atomic E-state index is -0.123.